The van der Waals surface area contributed by atoms with Gasteiger partial charge in [0.25, 0.3) is 0 Å². The van der Waals surface area contributed by atoms with Gasteiger partial charge in [0.15, 0.2) is 0 Å². The summed E-state index contributed by atoms with van der Waals surface area (Å²) >= 11 is 0. The fourth-order valence-corrected chi connectivity index (χ4v) is 2.53. The van der Waals surface area contributed by atoms with Gasteiger partial charge in [-0.2, -0.15) is 0 Å². The monoisotopic (exact) mass is 281 g/mol. The van der Waals surface area contributed by atoms with E-state index in [1.165, 1.54) is 12.1 Å². The molecule has 0 unspecified atom stereocenters. The second kappa shape index (κ2) is 5.40. The largest absolute Gasteiger partial charge is 0.398 e. The molecule has 0 atom stereocenters. The average molecular weight is 281 g/mol. The third kappa shape index (κ3) is 2.40. The predicted octanol–water partition coefficient (Wildman–Crippen LogP) is 4.11. The van der Waals surface area contributed by atoms with Crippen LogP contribution in [0.1, 0.15) is 6.92 Å². The van der Waals surface area contributed by atoms with E-state index in [1.54, 1.807) is 12.3 Å². The lowest BCUT2D eigenvalue weighted by Crippen LogP contribution is -2.17. The van der Waals surface area contributed by atoms with Gasteiger partial charge >= 0.3 is 0 Å². The van der Waals surface area contributed by atoms with Crippen molar-refractivity contribution in [1.29, 1.82) is 0 Å². The normalized spacial score (nSPS) is 10.8. The summed E-state index contributed by atoms with van der Waals surface area (Å²) in [4.78, 5) is 6.47. The van der Waals surface area contributed by atoms with Crippen molar-refractivity contribution in [3.63, 3.8) is 0 Å². The fourth-order valence-electron chi connectivity index (χ4n) is 2.53. The molecule has 0 fully saturated rings. The van der Waals surface area contributed by atoms with E-state index in [4.69, 9.17) is 5.73 Å². The molecule has 2 N–H and O–H groups in total. The number of hydrogen-bond donors (Lipinski definition) is 1. The minimum absolute atomic E-state index is 0.251. The number of aromatic nitrogens is 1. The quantitative estimate of drug-likeness (QED) is 0.734. The fraction of sp³-hybridized carbons (Fsp3) is 0.118. The van der Waals surface area contributed by atoms with E-state index in [0.717, 1.165) is 22.3 Å². The summed E-state index contributed by atoms with van der Waals surface area (Å²) < 4.78 is 13.5. The molecule has 0 bridgehead atoms. The molecule has 21 heavy (non-hydrogen) atoms. The first kappa shape index (κ1) is 13.4. The van der Waals surface area contributed by atoms with E-state index in [-0.39, 0.29) is 5.82 Å². The highest BCUT2D eigenvalue weighted by Gasteiger charge is 2.13. The molecule has 0 amide bonds. The maximum Gasteiger partial charge on any atom is 0.125 e. The zero-order valence-electron chi connectivity index (χ0n) is 11.8. The molecule has 0 saturated carbocycles. The van der Waals surface area contributed by atoms with Gasteiger partial charge in [0.05, 0.1) is 11.2 Å². The summed E-state index contributed by atoms with van der Waals surface area (Å²) in [6.45, 7) is 2.73. The van der Waals surface area contributed by atoms with Gasteiger partial charge in [-0.15, -0.1) is 0 Å². The van der Waals surface area contributed by atoms with Gasteiger partial charge in [0.1, 0.15) is 5.82 Å². The summed E-state index contributed by atoms with van der Waals surface area (Å²) in [6.07, 6.45) is 1.74. The second-order valence-electron chi connectivity index (χ2n) is 4.80. The highest BCUT2D eigenvalue weighted by molar-refractivity contribution is 5.99. The van der Waals surface area contributed by atoms with E-state index >= 15 is 0 Å². The van der Waals surface area contributed by atoms with Crippen LogP contribution in [0.25, 0.3) is 10.9 Å². The van der Waals surface area contributed by atoms with Crippen LogP contribution in [0, 0.1) is 5.82 Å². The summed E-state index contributed by atoms with van der Waals surface area (Å²) in [6, 6.07) is 14.2. The topological polar surface area (TPSA) is 42.1 Å². The summed E-state index contributed by atoms with van der Waals surface area (Å²) in [5.74, 6) is -0.251. The maximum atomic E-state index is 13.5. The molecular weight excluding hydrogens is 265 g/mol. The van der Waals surface area contributed by atoms with E-state index in [1.807, 2.05) is 42.2 Å². The van der Waals surface area contributed by atoms with E-state index in [0.29, 0.717) is 12.2 Å². The van der Waals surface area contributed by atoms with Gasteiger partial charge in [-0.05, 0) is 49.4 Å². The number of anilines is 3. The number of pyridine rings is 1. The molecule has 0 radical (unpaired) electrons. The average Bonchev–Trinajstić information content (AvgIpc) is 2.51. The van der Waals surface area contributed by atoms with Crippen molar-refractivity contribution < 1.29 is 4.39 Å². The minimum atomic E-state index is -0.251. The number of halogens is 1. The molecule has 1 aromatic heterocycles. The van der Waals surface area contributed by atoms with Crippen molar-refractivity contribution in [2.45, 2.75) is 6.92 Å². The van der Waals surface area contributed by atoms with Crippen molar-refractivity contribution in [1.82, 2.24) is 4.98 Å². The molecule has 3 aromatic rings. The molecule has 3 nitrogen and oxygen atoms in total. The Morgan fingerprint density at radius 3 is 2.76 bits per heavy atom. The lowest BCUT2D eigenvalue weighted by Gasteiger charge is -2.24. The molecule has 0 saturated heterocycles. The minimum Gasteiger partial charge on any atom is -0.398 e. The third-order valence-electron chi connectivity index (χ3n) is 3.51. The molecule has 106 valence electrons. The number of nitrogens with two attached hydrogens (primary N) is 1. The van der Waals surface area contributed by atoms with Gasteiger partial charge in [-0.1, -0.05) is 6.07 Å². The standard InChI is InChI=1S/C17H16FN3/c1-2-21(13-6-3-5-12(18)11-13)16-9-8-15(19)14-7-4-10-20-17(14)16/h3-11H,2,19H2,1H3. The zero-order valence-corrected chi connectivity index (χ0v) is 11.8. The molecule has 4 heteroatoms. The molecule has 0 aliphatic rings. The van der Waals surface area contributed by atoms with Crippen LogP contribution in [0.4, 0.5) is 21.5 Å². The molecule has 1 heterocycles. The van der Waals surface area contributed by atoms with Gasteiger partial charge in [-0.3, -0.25) is 4.98 Å². The van der Waals surface area contributed by atoms with Crippen LogP contribution in [0.2, 0.25) is 0 Å². The Morgan fingerprint density at radius 1 is 1.14 bits per heavy atom. The van der Waals surface area contributed by atoms with E-state index < -0.39 is 0 Å². The number of benzene rings is 2. The Morgan fingerprint density at radius 2 is 2.00 bits per heavy atom. The highest BCUT2D eigenvalue weighted by atomic mass is 19.1. The third-order valence-corrected chi connectivity index (χ3v) is 3.51. The molecular formula is C17H16FN3. The molecule has 0 spiro atoms. The summed E-state index contributed by atoms with van der Waals surface area (Å²) in [5.41, 5.74) is 9.25. The maximum absolute atomic E-state index is 13.5. The second-order valence-corrected chi connectivity index (χ2v) is 4.80. The van der Waals surface area contributed by atoms with Crippen LogP contribution >= 0.6 is 0 Å². The first-order chi connectivity index (χ1) is 10.2. The number of rotatable bonds is 3. The van der Waals surface area contributed by atoms with E-state index in [2.05, 4.69) is 4.98 Å². The summed E-state index contributed by atoms with van der Waals surface area (Å²) in [7, 11) is 0. The Hall–Kier alpha value is -2.62. The first-order valence-corrected chi connectivity index (χ1v) is 6.87. The van der Waals surface area contributed by atoms with Crippen LogP contribution in [-0.2, 0) is 0 Å². The number of nitrogen functional groups attached to an aromatic ring is 1. The number of hydrogen-bond acceptors (Lipinski definition) is 3. The molecule has 2 aromatic carbocycles. The van der Waals surface area contributed by atoms with Gasteiger partial charge in [0.2, 0.25) is 0 Å². The number of fused-ring (bicyclic) bond motifs is 1. The van der Waals surface area contributed by atoms with Crippen LogP contribution in [0.5, 0.6) is 0 Å². The molecule has 0 aliphatic heterocycles. The molecule has 0 aliphatic carbocycles. The van der Waals surface area contributed by atoms with Crippen molar-refractivity contribution in [2.75, 3.05) is 17.2 Å². The van der Waals surface area contributed by atoms with Crippen LogP contribution < -0.4 is 10.6 Å². The SMILES string of the molecule is CCN(c1cccc(F)c1)c1ccc(N)c2cccnc12. The zero-order chi connectivity index (χ0) is 14.8. The first-order valence-electron chi connectivity index (χ1n) is 6.87. The lowest BCUT2D eigenvalue weighted by atomic mass is 10.1. The van der Waals surface area contributed by atoms with Crippen molar-refractivity contribution >= 4 is 28.0 Å². The Balaban J connectivity index is 2.20. The smallest absolute Gasteiger partial charge is 0.125 e. The Kier molecular flexibility index (Phi) is 3.44. The van der Waals surface area contributed by atoms with E-state index in [9.17, 15) is 4.39 Å². The van der Waals surface area contributed by atoms with Crippen molar-refractivity contribution in [3.05, 3.63) is 60.5 Å². The van der Waals surface area contributed by atoms with Crippen molar-refractivity contribution in [3.8, 4) is 0 Å². The summed E-state index contributed by atoms with van der Waals surface area (Å²) in [5, 5.41) is 0.907. The van der Waals surface area contributed by atoms with Gasteiger partial charge in [-0.25, -0.2) is 4.39 Å². The van der Waals surface area contributed by atoms with Crippen LogP contribution in [0.3, 0.4) is 0 Å². The van der Waals surface area contributed by atoms with Gasteiger partial charge < -0.3 is 10.6 Å². The Bertz CT molecular complexity index is 786. The predicted molar refractivity (Wildman–Crippen MR) is 85.2 cm³/mol. The lowest BCUT2D eigenvalue weighted by molar-refractivity contribution is 0.627. The highest BCUT2D eigenvalue weighted by Crippen LogP contribution is 2.33. The molecule has 3 rings (SSSR count). The van der Waals surface area contributed by atoms with Crippen LogP contribution in [-0.4, -0.2) is 11.5 Å². The van der Waals surface area contributed by atoms with Crippen LogP contribution in [0.15, 0.2) is 54.7 Å². The van der Waals surface area contributed by atoms with Crippen molar-refractivity contribution in [2.24, 2.45) is 0 Å². The Labute approximate surface area is 122 Å². The van der Waals surface area contributed by atoms with Gasteiger partial charge in [0, 0.05) is 29.5 Å². The number of nitrogens with zero attached hydrogens (tertiary/aromatic N) is 2.